The minimum absolute atomic E-state index is 0.338. The highest BCUT2D eigenvalue weighted by atomic mass is 16.5. The second-order valence-corrected chi connectivity index (χ2v) is 3.42. The lowest BCUT2D eigenvalue weighted by Crippen LogP contribution is -2.07. The summed E-state index contributed by atoms with van der Waals surface area (Å²) in [6.07, 6.45) is 1.80. The summed E-state index contributed by atoms with van der Waals surface area (Å²) in [6, 6.07) is 7.48. The minimum atomic E-state index is -0.423. The molecular formula is C12H12N2O2. The normalized spacial score (nSPS) is 10.1. The topological polar surface area (TPSA) is 55.0 Å². The number of hydrogen-bond acceptors (Lipinski definition) is 3. The molecule has 2 heterocycles. The smallest absolute Gasteiger partial charge is 0.357 e. The first-order chi connectivity index (χ1) is 7.72. The van der Waals surface area contributed by atoms with Gasteiger partial charge in [-0.15, -0.1) is 0 Å². The number of rotatable bonds is 2. The van der Waals surface area contributed by atoms with Crippen molar-refractivity contribution in [2.75, 3.05) is 7.11 Å². The average molecular weight is 216 g/mol. The van der Waals surface area contributed by atoms with Crippen molar-refractivity contribution in [3.63, 3.8) is 0 Å². The maximum atomic E-state index is 11.6. The van der Waals surface area contributed by atoms with Gasteiger partial charge >= 0.3 is 5.97 Å². The summed E-state index contributed by atoms with van der Waals surface area (Å²) in [4.78, 5) is 18.8. The van der Waals surface area contributed by atoms with Gasteiger partial charge < -0.3 is 9.72 Å². The Morgan fingerprint density at radius 2 is 2.19 bits per heavy atom. The zero-order valence-electron chi connectivity index (χ0n) is 9.15. The van der Waals surface area contributed by atoms with Crippen LogP contribution in [0.2, 0.25) is 0 Å². The number of nitrogens with zero attached hydrogens (tertiary/aromatic N) is 1. The summed E-state index contributed by atoms with van der Waals surface area (Å²) in [5, 5.41) is 0. The number of esters is 1. The molecule has 0 fully saturated rings. The number of H-pyrrole nitrogens is 1. The first-order valence-electron chi connectivity index (χ1n) is 4.92. The third-order valence-electron chi connectivity index (χ3n) is 2.30. The van der Waals surface area contributed by atoms with Crippen LogP contribution in [0, 0.1) is 6.92 Å². The molecule has 0 saturated carbocycles. The Hall–Kier alpha value is -2.10. The van der Waals surface area contributed by atoms with Crippen LogP contribution in [0.4, 0.5) is 0 Å². The molecule has 0 aliphatic carbocycles. The van der Waals surface area contributed by atoms with Crippen LogP contribution in [-0.2, 0) is 4.74 Å². The number of aromatic amines is 1. The maximum Gasteiger partial charge on any atom is 0.357 e. The van der Waals surface area contributed by atoms with Gasteiger partial charge in [0.1, 0.15) is 0 Å². The summed E-state index contributed by atoms with van der Waals surface area (Å²) in [7, 11) is 1.35. The van der Waals surface area contributed by atoms with Crippen LogP contribution < -0.4 is 0 Å². The number of methoxy groups -OCH3 is 1. The predicted molar refractivity (Wildman–Crippen MR) is 60.1 cm³/mol. The first-order valence-corrected chi connectivity index (χ1v) is 4.92. The fourth-order valence-corrected chi connectivity index (χ4v) is 1.52. The van der Waals surface area contributed by atoms with Gasteiger partial charge in [0.05, 0.1) is 7.11 Å². The fraction of sp³-hybridized carbons (Fsp3) is 0.167. The molecule has 0 bridgehead atoms. The van der Waals surface area contributed by atoms with Crippen molar-refractivity contribution < 1.29 is 9.53 Å². The number of nitrogens with one attached hydrogen (secondary N) is 1. The van der Waals surface area contributed by atoms with Crippen molar-refractivity contribution >= 4 is 5.97 Å². The number of aryl methyl sites for hydroxylation is 1. The van der Waals surface area contributed by atoms with Crippen molar-refractivity contribution in [2.24, 2.45) is 0 Å². The molecule has 2 aromatic heterocycles. The van der Waals surface area contributed by atoms with Crippen LogP contribution in [0.25, 0.3) is 11.3 Å². The van der Waals surface area contributed by atoms with Crippen LogP contribution in [0.15, 0.2) is 30.5 Å². The van der Waals surface area contributed by atoms with Crippen molar-refractivity contribution in [3.05, 3.63) is 41.9 Å². The van der Waals surface area contributed by atoms with E-state index in [1.54, 1.807) is 6.20 Å². The van der Waals surface area contributed by atoms with Gasteiger partial charge in [-0.25, -0.2) is 9.78 Å². The van der Waals surface area contributed by atoms with E-state index in [0.29, 0.717) is 5.69 Å². The first kappa shape index (κ1) is 10.4. The molecule has 0 radical (unpaired) electrons. The quantitative estimate of drug-likeness (QED) is 0.783. The van der Waals surface area contributed by atoms with Gasteiger partial charge in [-0.2, -0.15) is 0 Å². The summed E-state index contributed by atoms with van der Waals surface area (Å²) >= 11 is 0. The Kier molecular flexibility index (Phi) is 2.72. The lowest BCUT2D eigenvalue weighted by molar-refractivity contribution is 0.0594. The monoisotopic (exact) mass is 216 g/mol. The average Bonchev–Trinajstić information content (AvgIpc) is 2.81. The molecule has 0 aliphatic rings. The van der Waals surface area contributed by atoms with Gasteiger partial charge in [0.2, 0.25) is 0 Å². The molecule has 0 saturated heterocycles. The van der Waals surface area contributed by atoms with E-state index in [4.69, 9.17) is 4.74 Å². The molecule has 2 aromatic rings. The molecule has 82 valence electrons. The number of pyridine rings is 1. The summed E-state index contributed by atoms with van der Waals surface area (Å²) < 4.78 is 4.71. The third kappa shape index (κ3) is 1.82. The van der Waals surface area contributed by atoms with Crippen molar-refractivity contribution in [3.8, 4) is 11.3 Å². The molecule has 0 spiro atoms. The van der Waals surface area contributed by atoms with Gasteiger partial charge in [-0.3, -0.25) is 0 Å². The lowest BCUT2D eigenvalue weighted by Gasteiger charge is -2.06. The maximum absolute atomic E-state index is 11.6. The van der Waals surface area contributed by atoms with Gasteiger partial charge in [-0.05, 0) is 31.2 Å². The van der Waals surface area contributed by atoms with Crippen LogP contribution in [0.3, 0.4) is 0 Å². The number of aromatic nitrogens is 2. The molecule has 0 aromatic carbocycles. The third-order valence-corrected chi connectivity index (χ3v) is 2.30. The number of ether oxygens (including phenoxy) is 1. The molecule has 16 heavy (non-hydrogen) atoms. The second-order valence-electron chi connectivity index (χ2n) is 3.42. The highest BCUT2D eigenvalue weighted by Crippen LogP contribution is 2.21. The Morgan fingerprint density at radius 3 is 2.81 bits per heavy atom. The van der Waals surface area contributed by atoms with Crippen LogP contribution in [0.5, 0.6) is 0 Å². The molecular weight excluding hydrogens is 204 g/mol. The molecule has 2 rings (SSSR count). The fourth-order valence-electron chi connectivity index (χ4n) is 1.52. The number of carbonyl (C=O) groups excluding carboxylic acids is 1. The van der Waals surface area contributed by atoms with E-state index in [9.17, 15) is 4.79 Å². The molecule has 0 aliphatic heterocycles. The van der Waals surface area contributed by atoms with Crippen molar-refractivity contribution in [1.82, 2.24) is 9.97 Å². The predicted octanol–water partition coefficient (Wildman–Crippen LogP) is 2.17. The highest BCUT2D eigenvalue weighted by Gasteiger charge is 2.15. The summed E-state index contributed by atoms with van der Waals surface area (Å²) in [6.45, 7) is 1.84. The largest absolute Gasteiger partial charge is 0.464 e. The van der Waals surface area contributed by atoms with Crippen LogP contribution in [-0.4, -0.2) is 23.0 Å². The SMILES string of the molecule is COC(=O)c1nc(C)ccc1-c1ccc[nH]1. The molecule has 4 heteroatoms. The Bertz CT molecular complexity index is 504. The van der Waals surface area contributed by atoms with E-state index in [2.05, 4.69) is 9.97 Å². The van der Waals surface area contributed by atoms with Gasteiger partial charge in [0.25, 0.3) is 0 Å². The van der Waals surface area contributed by atoms with Gasteiger partial charge in [0.15, 0.2) is 5.69 Å². The van der Waals surface area contributed by atoms with E-state index < -0.39 is 5.97 Å². The van der Waals surface area contributed by atoms with E-state index in [1.807, 2.05) is 31.2 Å². The van der Waals surface area contributed by atoms with Crippen molar-refractivity contribution in [2.45, 2.75) is 6.92 Å². The lowest BCUT2D eigenvalue weighted by atomic mass is 10.1. The zero-order valence-corrected chi connectivity index (χ0v) is 9.15. The Balaban J connectivity index is 2.57. The van der Waals surface area contributed by atoms with E-state index in [0.717, 1.165) is 17.0 Å². The number of carbonyl (C=O) groups is 1. The molecule has 1 N–H and O–H groups in total. The zero-order chi connectivity index (χ0) is 11.5. The van der Waals surface area contributed by atoms with Crippen LogP contribution in [0.1, 0.15) is 16.2 Å². The van der Waals surface area contributed by atoms with Gasteiger partial charge in [-0.1, -0.05) is 0 Å². The standard InChI is InChI=1S/C12H12N2O2/c1-8-5-6-9(10-4-3-7-13-10)11(14-8)12(15)16-2/h3-7,13H,1-2H3. The van der Waals surface area contributed by atoms with E-state index >= 15 is 0 Å². The van der Waals surface area contributed by atoms with E-state index in [1.165, 1.54) is 7.11 Å². The highest BCUT2D eigenvalue weighted by molar-refractivity contribution is 5.94. The molecule has 0 amide bonds. The minimum Gasteiger partial charge on any atom is -0.464 e. The molecule has 0 atom stereocenters. The van der Waals surface area contributed by atoms with Gasteiger partial charge in [0, 0.05) is 23.1 Å². The second kappa shape index (κ2) is 4.18. The molecule has 0 unspecified atom stereocenters. The Morgan fingerprint density at radius 1 is 1.38 bits per heavy atom. The number of hydrogen-bond donors (Lipinski definition) is 1. The van der Waals surface area contributed by atoms with E-state index in [-0.39, 0.29) is 0 Å². The summed E-state index contributed by atoms with van der Waals surface area (Å²) in [5.41, 5.74) is 2.73. The molecule has 4 nitrogen and oxygen atoms in total. The van der Waals surface area contributed by atoms with Crippen LogP contribution >= 0.6 is 0 Å². The summed E-state index contributed by atoms with van der Waals surface area (Å²) in [5.74, 6) is -0.423. The Labute approximate surface area is 93.3 Å². The van der Waals surface area contributed by atoms with Crippen molar-refractivity contribution in [1.29, 1.82) is 0 Å².